The van der Waals surface area contributed by atoms with Gasteiger partial charge in [0.05, 0.1) is 31.3 Å². The number of hydrogen-bond acceptors (Lipinski definition) is 5. The number of ether oxygens (including phenoxy) is 2. The summed E-state index contributed by atoms with van der Waals surface area (Å²) < 4.78 is 11.2. The van der Waals surface area contributed by atoms with Crippen molar-refractivity contribution in [1.82, 2.24) is 9.97 Å². The predicted molar refractivity (Wildman–Crippen MR) is 70.3 cm³/mol. The molecule has 0 unspecified atom stereocenters. The maximum Gasteiger partial charge on any atom is 0.238 e. The zero-order chi connectivity index (χ0) is 13.5. The highest BCUT2D eigenvalue weighted by atomic mass is 16.5. The predicted octanol–water partition coefficient (Wildman–Crippen LogP) is 2.55. The molecule has 0 aliphatic heterocycles. The standard InChI is InChI=1S/C14H16N2O3/c1-2-7-18-12-5-3-4-6-13(12)19-14-9-15-11(10-17)8-16-14/h3-6,8-9,17H,2,7,10H2,1H3. The minimum atomic E-state index is -0.135. The highest BCUT2D eigenvalue weighted by Gasteiger charge is 2.06. The topological polar surface area (TPSA) is 64.5 Å². The van der Waals surface area contributed by atoms with Crippen LogP contribution in [0.2, 0.25) is 0 Å². The Bertz CT molecular complexity index is 514. The lowest BCUT2D eigenvalue weighted by Gasteiger charge is -2.11. The molecule has 0 spiro atoms. The monoisotopic (exact) mass is 260 g/mol. The molecule has 1 aromatic heterocycles. The van der Waals surface area contributed by atoms with Crippen molar-refractivity contribution in [2.45, 2.75) is 20.0 Å². The number of aliphatic hydroxyl groups is 1. The Morgan fingerprint density at radius 2 is 1.89 bits per heavy atom. The molecule has 0 amide bonds. The van der Waals surface area contributed by atoms with Crippen LogP contribution in [-0.2, 0) is 6.61 Å². The molecule has 5 heteroatoms. The highest BCUT2D eigenvalue weighted by Crippen LogP contribution is 2.30. The van der Waals surface area contributed by atoms with Crippen molar-refractivity contribution >= 4 is 0 Å². The molecule has 100 valence electrons. The van der Waals surface area contributed by atoms with Gasteiger partial charge in [0.1, 0.15) is 0 Å². The molecular formula is C14H16N2O3. The molecule has 1 N–H and O–H groups in total. The highest BCUT2D eigenvalue weighted by molar-refractivity contribution is 5.41. The van der Waals surface area contributed by atoms with E-state index in [2.05, 4.69) is 9.97 Å². The van der Waals surface area contributed by atoms with E-state index >= 15 is 0 Å². The molecule has 0 saturated carbocycles. The fourth-order valence-corrected chi connectivity index (χ4v) is 1.46. The molecule has 2 aromatic rings. The fraction of sp³-hybridized carbons (Fsp3) is 0.286. The quantitative estimate of drug-likeness (QED) is 0.864. The van der Waals surface area contributed by atoms with Gasteiger partial charge in [-0.2, -0.15) is 0 Å². The number of benzene rings is 1. The Kier molecular flexibility index (Phi) is 4.69. The Hall–Kier alpha value is -2.14. The average Bonchev–Trinajstić information content (AvgIpc) is 2.47. The second-order valence-electron chi connectivity index (χ2n) is 3.90. The summed E-state index contributed by atoms with van der Waals surface area (Å²) in [5.74, 6) is 1.64. The Morgan fingerprint density at radius 1 is 1.11 bits per heavy atom. The van der Waals surface area contributed by atoms with Crippen LogP contribution < -0.4 is 9.47 Å². The smallest absolute Gasteiger partial charge is 0.238 e. The number of aliphatic hydroxyl groups excluding tert-OH is 1. The van der Waals surface area contributed by atoms with Crippen LogP contribution in [0.4, 0.5) is 0 Å². The van der Waals surface area contributed by atoms with Crippen molar-refractivity contribution in [3.8, 4) is 17.4 Å². The average molecular weight is 260 g/mol. The van der Waals surface area contributed by atoms with Crippen LogP contribution >= 0.6 is 0 Å². The van der Waals surface area contributed by atoms with Crippen LogP contribution in [0.15, 0.2) is 36.7 Å². The van der Waals surface area contributed by atoms with Gasteiger partial charge in [-0.15, -0.1) is 0 Å². The summed E-state index contributed by atoms with van der Waals surface area (Å²) in [4.78, 5) is 8.07. The first-order valence-corrected chi connectivity index (χ1v) is 6.15. The molecule has 0 saturated heterocycles. The lowest BCUT2D eigenvalue weighted by atomic mass is 10.3. The molecule has 19 heavy (non-hydrogen) atoms. The second-order valence-corrected chi connectivity index (χ2v) is 3.90. The van der Waals surface area contributed by atoms with Gasteiger partial charge in [-0.3, -0.25) is 4.98 Å². The molecule has 5 nitrogen and oxygen atoms in total. The zero-order valence-electron chi connectivity index (χ0n) is 10.7. The summed E-state index contributed by atoms with van der Waals surface area (Å²) in [5.41, 5.74) is 0.503. The van der Waals surface area contributed by atoms with Crippen molar-refractivity contribution in [3.05, 3.63) is 42.4 Å². The van der Waals surface area contributed by atoms with E-state index in [1.165, 1.54) is 12.4 Å². The molecule has 0 aliphatic carbocycles. The summed E-state index contributed by atoms with van der Waals surface area (Å²) in [6, 6.07) is 7.41. The van der Waals surface area contributed by atoms with Gasteiger partial charge in [-0.25, -0.2) is 4.98 Å². The van der Waals surface area contributed by atoms with Crippen molar-refractivity contribution in [2.75, 3.05) is 6.61 Å². The van der Waals surface area contributed by atoms with E-state index in [0.29, 0.717) is 29.7 Å². The third-order valence-corrected chi connectivity index (χ3v) is 2.37. The lowest BCUT2D eigenvalue weighted by Crippen LogP contribution is -1.98. The normalized spacial score (nSPS) is 10.2. The van der Waals surface area contributed by atoms with Gasteiger partial charge in [0.2, 0.25) is 5.88 Å². The maximum atomic E-state index is 8.90. The molecule has 2 rings (SSSR count). The van der Waals surface area contributed by atoms with Gasteiger partial charge in [0.25, 0.3) is 0 Å². The van der Waals surface area contributed by atoms with Gasteiger partial charge in [-0.1, -0.05) is 19.1 Å². The molecule has 0 fully saturated rings. The van der Waals surface area contributed by atoms with Crippen molar-refractivity contribution in [2.24, 2.45) is 0 Å². The van der Waals surface area contributed by atoms with Crippen molar-refractivity contribution in [1.29, 1.82) is 0 Å². The van der Waals surface area contributed by atoms with E-state index in [9.17, 15) is 0 Å². The summed E-state index contributed by atoms with van der Waals surface area (Å²) in [6.45, 7) is 2.54. The number of aromatic nitrogens is 2. The number of hydrogen-bond donors (Lipinski definition) is 1. The molecule has 0 radical (unpaired) electrons. The Labute approximate surface area is 111 Å². The van der Waals surface area contributed by atoms with Gasteiger partial charge in [0, 0.05) is 0 Å². The first-order valence-electron chi connectivity index (χ1n) is 6.15. The van der Waals surface area contributed by atoms with Gasteiger partial charge >= 0.3 is 0 Å². The zero-order valence-corrected chi connectivity index (χ0v) is 10.7. The van der Waals surface area contributed by atoms with Crippen LogP contribution in [0.1, 0.15) is 19.0 Å². The van der Waals surface area contributed by atoms with Crippen LogP contribution in [0.5, 0.6) is 17.4 Å². The van der Waals surface area contributed by atoms with Crippen molar-refractivity contribution < 1.29 is 14.6 Å². The second kappa shape index (κ2) is 6.70. The van der Waals surface area contributed by atoms with E-state index < -0.39 is 0 Å². The summed E-state index contributed by atoms with van der Waals surface area (Å²) in [6.07, 6.45) is 3.88. The molecule has 0 aliphatic rings. The maximum absolute atomic E-state index is 8.90. The molecule has 1 aromatic carbocycles. The number of para-hydroxylation sites is 2. The van der Waals surface area contributed by atoms with Gasteiger partial charge in [0.15, 0.2) is 11.5 Å². The van der Waals surface area contributed by atoms with E-state index in [1.807, 2.05) is 31.2 Å². The van der Waals surface area contributed by atoms with E-state index in [-0.39, 0.29) is 6.61 Å². The largest absolute Gasteiger partial charge is 0.490 e. The summed E-state index contributed by atoms with van der Waals surface area (Å²) in [5, 5.41) is 8.90. The van der Waals surface area contributed by atoms with E-state index in [0.717, 1.165) is 6.42 Å². The number of rotatable bonds is 6. The van der Waals surface area contributed by atoms with Crippen molar-refractivity contribution in [3.63, 3.8) is 0 Å². The first-order chi connectivity index (χ1) is 9.33. The Balaban J connectivity index is 2.12. The van der Waals surface area contributed by atoms with Crippen LogP contribution in [0.25, 0.3) is 0 Å². The lowest BCUT2D eigenvalue weighted by molar-refractivity contribution is 0.275. The molecule has 0 bridgehead atoms. The SMILES string of the molecule is CCCOc1ccccc1Oc1cnc(CO)cn1. The fourth-order valence-electron chi connectivity index (χ4n) is 1.46. The molecule has 0 atom stereocenters. The van der Waals surface area contributed by atoms with E-state index in [1.54, 1.807) is 0 Å². The third-order valence-electron chi connectivity index (χ3n) is 2.37. The molecular weight excluding hydrogens is 244 g/mol. The summed E-state index contributed by atoms with van der Waals surface area (Å²) in [7, 11) is 0. The van der Waals surface area contributed by atoms with Crippen LogP contribution in [0, 0.1) is 0 Å². The first kappa shape index (κ1) is 13.3. The number of nitrogens with zero attached hydrogens (tertiary/aromatic N) is 2. The molecule has 1 heterocycles. The van der Waals surface area contributed by atoms with Crippen LogP contribution in [-0.4, -0.2) is 21.7 Å². The van der Waals surface area contributed by atoms with E-state index in [4.69, 9.17) is 14.6 Å². The minimum absolute atomic E-state index is 0.135. The minimum Gasteiger partial charge on any atom is -0.490 e. The van der Waals surface area contributed by atoms with Gasteiger partial charge in [-0.05, 0) is 18.6 Å². The Morgan fingerprint density at radius 3 is 2.53 bits per heavy atom. The van der Waals surface area contributed by atoms with Crippen LogP contribution in [0.3, 0.4) is 0 Å². The third kappa shape index (κ3) is 3.66. The van der Waals surface area contributed by atoms with Gasteiger partial charge < -0.3 is 14.6 Å². The summed E-state index contributed by atoms with van der Waals surface area (Å²) >= 11 is 0.